The topological polar surface area (TPSA) is 106 Å². The van der Waals surface area contributed by atoms with E-state index in [0.717, 1.165) is 20.4 Å². The number of hydrogen-bond acceptors (Lipinski definition) is 5. The van der Waals surface area contributed by atoms with Crippen LogP contribution in [-0.4, -0.2) is 18.5 Å². The number of carbonyl (C=O) groups excluding carboxylic acids is 2. The van der Waals surface area contributed by atoms with E-state index in [4.69, 9.17) is 25.5 Å². The zero-order valence-electron chi connectivity index (χ0n) is 18.7. The third-order valence-corrected chi connectivity index (χ3v) is 3.72. The van der Waals surface area contributed by atoms with Gasteiger partial charge in [-0.3, -0.25) is 0 Å². The standard InChI is InChI=1S/C18H37N.2C2H4O2.Cd/c1-2-3-4-5-6-7-8-9-10-11-12-13-14-15-16-17-18-19;2*1-2(3)4;/h9-10H,2-8,11-19H2,1H3;2*1H3,(H,3,4);/q;;;+2/p-2/b10-9-;;;. The number of allylic oxidation sites excluding steroid dienone is 2. The molecule has 0 spiro atoms. The van der Waals surface area contributed by atoms with Gasteiger partial charge in [0.05, 0.1) is 0 Å². The van der Waals surface area contributed by atoms with Gasteiger partial charge in [-0.15, -0.1) is 0 Å². The maximum atomic E-state index is 8.89. The molecule has 0 saturated carbocycles. The smallest absolute Gasteiger partial charge is 0.550 e. The Morgan fingerprint density at radius 2 is 0.964 bits per heavy atom. The number of carbonyl (C=O) groups is 2. The van der Waals surface area contributed by atoms with Crippen LogP contribution < -0.4 is 15.9 Å². The van der Waals surface area contributed by atoms with Gasteiger partial charge in [-0.1, -0.05) is 76.9 Å². The molecule has 0 unspecified atom stereocenters. The second-order valence-corrected chi connectivity index (χ2v) is 6.71. The molecule has 0 aromatic heterocycles. The average molecular weight is 498 g/mol. The second kappa shape index (κ2) is 34.1. The molecule has 2 N–H and O–H groups in total. The monoisotopic (exact) mass is 499 g/mol. The summed E-state index contributed by atoms with van der Waals surface area (Å²) in [5, 5.41) is 17.8. The fraction of sp³-hybridized carbons (Fsp3) is 0.818. The van der Waals surface area contributed by atoms with Crippen molar-refractivity contribution in [1.29, 1.82) is 0 Å². The summed E-state index contributed by atoms with van der Waals surface area (Å²) >= 11 is 0. The van der Waals surface area contributed by atoms with Gasteiger partial charge in [0.25, 0.3) is 0 Å². The number of rotatable bonds is 15. The van der Waals surface area contributed by atoms with Crippen LogP contribution in [0.15, 0.2) is 12.2 Å². The van der Waals surface area contributed by atoms with Crippen molar-refractivity contribution in [3.63, 3.8) is 0 Å². The third-order valence-electron chi connectivity index (χ3n) is 3.72. The minimum absolute atomic E-state index is 0. The molecule has 0 aliphatic rings. The van der Waals surface area contributed by atoms with E-state index in [-0.39, 0.29) is 27.3 Å². The van der Waals surface area contributed by atoms with Crippen molar-refractivity contribution in [2.75, 3.05) is 6.54 Å². The Kier molecular flexibility index (Phi) is 42.7. The number of hydrogen-bond donors (Lipinski definition) is 1. The molecule has 0 aliphatic carbocycles. The Morgan fingerprint density at radius 3 is 1.29 bits per heavy atom. The minimum atomic E-state index is -1.08. The van der Waals surface area contributed by atoms with E-state index in [1.54, 1.807) is 0 Å². The first-order chi connectivity index (χ1) is 12.9. The van der Waals surface area contributed by atoms with Gasteiger partial charge in [-0.25, -0.2) is 0 Å². The molecular formula is C22H43CdNO4. The first-order valence-corrected chi connectivity index (χ1v) is 10.6. The van der Waals surface area contributed by atoms with Gasteiger partial charge in [-0.05, 0) is 52.5 Å². The van der Waals surface area contributed by atoms with E-state index >= 15 is 0 Å². The molecule has 0 aromatic carbocycles. The molecular weight excluding hydrogens is 455 g/mol. The maximum absolute atomic E-state index is 8.89. The summed E-state index contributed by atoms with van der Waals surface area (Å²) in [6.45, 7) is 5.09. The summed E-state index contributed by atoms with van der Waals surface area (Å²) in [5.74, 6) is -2.17. The average Bonchev–Trinajstić information content (AvgIpc) is 2.57. The predicted molar refractivity (Wildman–Crippen MR) is 110 cm³/mol. The van der Waals surface area contributed by atoms with Crippen molar-refractivity contribution in [3.05, 3.63) is 12.2 Å². The van der Waals surface area contributed by atoms with Gasteiger partial charge in [0, 0.05) is 11.9 Å². The Balaban J connectivity index is -0.000000270. The van der Waals surface area contributed by atoms with E-state index in [9.17, 15) is 0 Å². The minimum Gasteiger partial charge on any atom is -0.550 e. The van der Waals surface area contributed by atoms with E-state index in [1.807, 2.05) is 0 Å². The second-order valence-electron chi connectivity index (χ2n) is 6.71. The molecule has 0 fully saturated rings. The summed E-state index contributed by atoms with van der Waals surface area (Å²) in [6.07, 6.45) is 23.9. The summed E-state index contributed by atoms with van der Waals surface area (Å²) in [7, 11) is 0. The van der Waals surface area contributed by atoms with Crippen molar-refractivity contribution in [2.24, 2.45) is 5.73 Å². The molecule has 28 heavy (non-hydrogen) atoms. The van der Waals surface area contributed by atoms with Crippen molar-refractivity contribution in [2.45, 2.75) is 111 Å². The first kappa shape index (κ1) is 35.0. The van der Waals surface area contributed by atoms with Crippen molar-refractivity contribution < 1.29 is 47.1 Å². The van der Waals surface area contributed by atoms with Crippen molar-refractivity contribution >= 4 is 11.9 Å². The molecule has 0 amide bonds. The molecule has 0 aromatic rings. The molecule has 5 nitrogen and oxygen atoms in total. The number of unbranched alkanes of at least 4 members (excludes halogenated alkanes) is 12. The quantitative estimate of drug-likeness (QED) is 0.212. The Morgan fingerprint density at radius 1 is 0.679 bits per heavy atom. The van der Waals surface area contributed by atoms with E-state index in [1.165, 1.54) is 89.9 Å². The van der Waals surface area contributed by atoms with Crippen molar-refractivity contribution in [3.8, 4) is 0 Å². The van der Waals surface area contributed by atoms with Gasteiger partial charge in [0.15, 0.2) is 0 Å². The van der Waals surface area contributed by atoms with Crippen LogP contribution in [-0.2, 0) is 36.9 Å². The third kappa shape index (κ3) is 63.7. The predicted octanol–water partition coefficient (Wildman–Crippen LogP) is 3.49. The fourth-order valence-electron chi connectivity index (χ4n) is 2.39. The molecule has 0 rings (SSSR count). The van der Waals surface area contributed by atoms with E-state index in [0.29, 0.717) is 0 Å². The first-order valence-electron chi connectivity index (χ1n) is 10.6. The maximum Gasteiger partial charge on any atom is 2.00 e. The fourth-order valence-corrected chi connectivity index (χ4v) is 2.39. The van der Waals surface area contributed by atoms with Crippen LogP contribution in [0.5, 0.6) is 0 Å². The van der Waals surface area contributed by atoms with Crippen LogP contribution in [0.4, 0.5) is 0 Å². The van der Waals surface area contributed by atoms with Crippen LogP contribution in [0.3, 0.4) is 0 Å². The van der Waals surface area contributed by atoms with E-state index < -0.39 is 11.9 Å². The molecule has 0 saturated heterocycles. The van der Waals surface area contributed by atoms with Gasteiger partial charge >= 0.3 is 27.3 Å². The number of nitrogens with two attached hydrogens (primary N) is 1. The molecule has 6 heteroatoms. The molecule has 162 valence electrons. The van der Waals surface area contributed by atoms with Crippen molar-refractivity contribution in [1.82, 2.24) is 0 Å². The molecule has 0 radical (unpaired) electrons. The number of carboxylic acid groups (broad SMARTS) is 2. The van der Waals surface area contributed by atoms with Gasteiger partial charge in [0.2, 0.25) is 0 Å². The Labute approximate surface area is 193 Å². The zero-order chi connectivity index (χ0) is 21.2. The van der Waals surface area contributed by atoms with E-state index in [2.05, 4.69) is 19.1 Å². The largest absolute Gasteiger partial charge is 2.00 e. The van der Waals surface area contributed by atoms with Crippen LogP contribution in [0.2, 0.25) is 0 Å². The SMILES string of the molecule is CC(=O)[O-].CC(=O)[O-].CCCCCCCC/C=C\CCCCCCCCN.[Cd+2]. The molecule has 0 atom stereocenters. The van der Waals surface area contributed by atoms with Gasteiger partial charge < -0.3 is 25.5 Å². The van der Waals surface area contributed by atoms with Gasteiger partial charge in [0.1, 0.15) is 0 Å². The van der Waals surface area contributed by atoms with Crippen LogP contribution >= 0.6 is 0 Å². The number of carboxylic acids is 2. The summed E-state index contributed by atoms with van der Waals surface area (Å²) in [4.78, 5) is 17.8. The van der Waals surface area contributed by atoms with Crippen LogP contribution in [0.1, 0.15) is 111 Å². The summed E-state index contributed by atoms with van der Waals surface area (Å²) < 4.78 is 0. The zero-order valence-corrected chi connectivity index (χ0v) is 22.7. The van der Waals surface area contributed by atoms with Gasteiger partial charge in [-0.2, -0.15) is 0 Å². The Hall–Kier alpha value is -0.438. The molecule has 0 bridgehead atoms. The van der Waals surface area contributed by atoms with Crippen LogP contribution in [0.25, 0.3) is 0 Å². The Bertz CT molecular complexity index is 316. The molecule has 0 aliphatic heterocycles. The summed E-state index contributed by atoms with van der Waals surface area (Å²) in [6, 6.07) is 0. The normalized spacial score (nSPS) is 9.57. The summed E-state index contributed by atoms with van der Waals surface area (Å²) in [5.41, 5.74) is 5.47. The molecule has 0 heterocycles. The van der Waals surface area contributed by atoms with Crippen LogP contribution in [0, 0.1) is 0 Å². The number of aliphatic carboxylic acids is 2.